The van der Waals surface area contributed by atoms with E-state index in [1.54, 1.807) is 27.7 Å². The van der Waals surface area contributed by atoms with Gasteiger partial charge >= 0.3 is 0 Å². The van der Waals surface area contributed by atoms with Crippen LogP contribution in [-0.4, -0.2) is 89.3 Å². The fourth-order valence-electron chi connectivity index (χ4n) is 14.2. The lowest BCUT2D eigenvalue weighted by Gasteiger charge is -2.63. The zero-order chi connectivity index (χ0) is 41.8. The molecule has 0 saturated heterocycles. The highest BCUT2D eigenvalue weighted by molar-refractivity contribution is 9.14. The Kier molecular flexibility index (Phi) is 9.49. The summed E-state index contributed by atoms with van der Waals surface area (Å²) in [5.74, 6) is -6.08. The number of hydrogen-bond acceptors (Lipinski definition) is 11. The van der Waals surface area contributed by atoms with E-state index in [2.05, 4.69) is 0 Å². The summed E-state index contributed by atoms with van der Waals surface area (Å²) in [6.07, 6.45) is -0.612. The van der Waals surface area contributed by atoms with E-state index in [0.29, 0.717) is 21.6 Å². The molecule has 0 spiro atoms. The van der Waals surface area contributed by atoms with E-state index < -0.39 is 126 Å². The molecule has 8 rings (SSSR count). The molecular formula is C42H50F4O8S3. The van der Waals surface area contributed by atoms with Gasteiger partial charge in [-0.2, -0.15) is 0 Å². The molecular weight excluding hydrogens is 805 g/mol. The van der Waals surface area contributed by atoms with Gasteiger partial charge in [-0.05, 0) is 143 Å². The monoisotopic (exact) mass is 854 g/mol. The summed E-state index contributed by atoms with van der Waals surface area (Å²) >= 11 is 0. The van der Waals surface area contributed by atoms with Gasteiger partial charge in [0, 0.05) is 33.5 Å². The predicted molar refractivity (Wildman–Crippen MR) is 209 cm³/mol. The molecule has 0 aromatic carbocycles. The number of fused-ring (bicyclic) bond motifs is 10. The van der Waals surface area contributed by atoms with Crippen LogP contribution in [0, 0.1) is 57.2 Å². The minimum absolute atomic E-state index is 0.0300. The van der Waals surface area contributed by atoms with Crippen molar-refractivity contribution in [2.75, 3.05) is 0 Å². The minimum Gasteiger partial charge on any atom is -0.390 e. The van der Waals surface area contributed by atoms with E-state index in [1.165, 1.54) is 38.2 Å². The molecule has 15 heteroatoms. The van der Waals surface area contributed by atoms with Crippen LogP contribution in [0.15, 0.2) is 47.6 Å². The van der Waals surface area contributed by atoms with Crippen LogP contribution in [0.5, 0.6) is 0 Å². The number of aliphatic hydroxyl groups excluding tert-OH is 2. The van der Waals surface area contributed by atoms with Crippen LogP contribution in [0.4, 0.5) is 17.6 Å². The number of ketones is 2. The normalized spacial score (nSPS) is 54.8. The van der Waals surface area contributed by atoms with Crippen molar-refractivity contribution in [3.8, 4) is 0 Å². The highest BCUT2D eigenvalue weighted by atomic mass is 33.5. The van der Waals surface area contributed by atoms with E-state index in [0.717, 1.165) is 22.0 Å². The molecule has 18 atom stereocenters. The third kappa shape index (κ3) is 4.88. The molecule has 0 radical (unpaired) electrons. The van der Waals surface area contributed by atoms with E-state index >= 15 is 17.6 Å². The molecule has 0 amide bonds. The van der Waals surface area contributed by atoms with Crippen molar-refractivity contribution in [1.82, 2.24) is 0 Å². The van der Waals surface area contributed by atoms with Gasteiger partial charge in [0.05, 0.1) is 12.2 Å². The molecule has 57 heavy (non-hydrogen) atoms. The van der Waals surface area contributed by atoms with Crippen molar-refractivity contribution >= 4 is 53.2 Å². The van der Waals surface area contributed by atoms with Crippen molar-refractivity contribution in [3.63, 3.8) is 0 Å². The molecule has 0 heterocycles. The van der Waals surface area contributed by atoms with Gasteiger partial charge in [-0.3, -0.25) is 19.2 Å². The second-order valence-corrected chi connectivity index (χ2v) is 23.2. The number of carbonyl (C=O) groups is 4. The van der Waals surface area contributed by atoms with Crippen LogP contribution >= 0.6 is 31.4 Å². The van der Waals surface area contributed by atoms with E-state index in [-0.39, 0.29) is 49.7 Å². The maximum atomic E-state index is 17.6. The molecule has 0 aliphatic heterocycles. The van der Waals surface area contributed by atoms with Crippen molar-refractivity contribution in [1.29, 1.82) is 0 Å². The van der Waals surface area contributed by atoms with Crippen LogP contribution in [0.3, 0.4) is 0 Å². The largest absolute Gasteiger partial charge is 0.390 e. The summed E-state index contributed by atoms with van der Waals surface area (Å²) in [6, 6.07) is 0. The summed E-state index contributed by atoms with van der Waals surface area (Å²) in [4.78, 5) is 52.8. The average molecular weight is 855 g/mol. The lowest BCUT2D eigenvalue weighted by Crippen LogP contribution is -2.70. The summed E-state index contributed by atoms with van der Waals surface area (Å²) < 4.78 is 67.0. The highest BCUT2D eigenvalue weighted by Gasteiger charge is 2.78. The maximum Gasteiger partial charge on any atom is 0.232 e. The number of aliphatic hydroxyl groups is 4. The topological polar surface area (TPSA) is 149 Å². The van der Waals surface area contributed by atoms with Crippen LogP contribution in [0.1, 0.15) is 80.1 Å². The molecule has 4 N–H and O–H groups in total. The number of rotatable bonds is 4. The zero-order valence-corrected chi connectivity index (χ0v) is 35.1. The first kappa shape index (κ1) is 42.0. The number of carbonyl (C=O) groups excluding carboxylic acids is 4. The van der Waals surface area contributed by atoms with Crippen molar-refractivity contribution in [2.24, 2.45) is 57.2 Å². The van der Waals surface area contributed by atoms with Crippen LogP contribution in [0.25, 0.3) is 0 Å². The van der Waals surface area contributed by atoms with Gasteiger partial charge in [-0.15, -0.1) is 0 Å². The minimum atomic E-state index is -2.39. The van der Waals surface area contributed by atoms with Crippen molar-refractivity contribution in [3.05, 3.63) is 47.6 Å². The Labute approximate surface area is 341 Å². The van der Waals surface area contributed by atoms with Crippen LogP contribution in [0.2, 0.25) is 0 Å². The number of halogens is 4. The molecule has 0 bridgehead atoms. The fraction of sp³-hybridized carbons (Fsp3) is 0.714. The standard InChI is InChI=1S/C42H50F4O8S3/c1-19-11-23-25-15-29(43)27-13-21(47)7-9-35(27,3)39(25,45)31(49)17-37(23,5)41(19,53)33(51)55-57-56-34(52)42(54)20(2)12-24-26-16-30(44)28-14-22(48)8-10-36(28,4)40(26,46)32(50)18-38(24,42)6/h7-10,13-14,19-20,23-26,29-32,49-50,53-54H,11-12,15-18H2,1-6H3/t19-,20-,23+,24+,25+,26+,29+,30+,31+,32+,35+,36+,37+,38+,39+,40+,41+,42+/m1/s1. The van der Waals surface area contributed by atoms with Gasteiger partial charge < -0.3 is 20.4 Å². The Hall–Kier alpha value is -1.75. The van der Waals surface area contributed by atoms with Crippen molar-refractivity contribution < 1.29 is 57.2 Å². The van der Waals surface area contributed by atoms with Gasteiger partial charge in [0.25, 0.3) is 0 Å². The molecule has 0 aromatic rings. The predicted octanol–water partition coefficient (Wildman–Crippen LogP) is 6.66. The maximum absolute atomic E-state index is 17.6. The summed E-state index contributed by atoms with van der Waals surface area (Å²) in [7, 11) is 1.87. The van der Waals surface area contributed by atoms with Gasteiger partial charge in [-0.1, -0.05) is 39.8 Å². The summed E-state index contributed by atoms with van der Waals surface area (Å²) in [5, 5.41) is 46.6. The Morgan fingerprint density at radius 2 is 1.00 bits per heavy atom. The first-order chi connectivity index (χ1) is 26.3. The number of allylic oxidation sites excluding steroid dienone is 8. The molecule has 6 saturated carbocycles. The second-order valence-electron chi connectivity index (χ2n) is 19.3. The Balaban J connectivity index is 1.01. The van der Waals surface area contributed by atoms with Gasteiger partial charge in [0.2, 0.25) is 10.2 Å². The quantitative estimate of drug-likeness (QED) is 0.178. The van der Waals surface area contributed by atoms with E-state index in [1.807, 2.05) is 0 Å². The number of alkyl halides is 4. The highest BCUT2D eigenvalue weighted by Crippen LogP contribution is 2.74. The van der Waals surface area contributed by atoms with E-state index in [9.17, 15) is 39.6 Å². The molecule has 8 nitrogen and oxygen atoms in total. The summed E-state index contributed by atoms with van der Waals surface area (Å²) in [5.41, 5.74) is -15.1. The first-order valence-electron chi connectivity index (χ1n) is 19.8. The first-order valence-corrected chi connectivity index (χ1v) is 23.3. The van der Waals surface area contributed by atoms with Crippen LogP contribution in [-0.2, 0) is 19.2 Å². The lowest BCUT2D eigenvalue weighted by atomic mass is 9.44. The zero-order valence-electron chi connectivity index (χ0n) is 32.6. The van der Waals surface area contributed by atoms with E-state index in [4.69, 9.17) is 0 Å². The molecule has 6 fully saturated rings. The third-order valence-electron chi connectivity index (χ3n) is 17.3. The fourth-order valence-corrected chi connectivity index (χ4v) is 18.1. The second kappa shape index (κ2) is 12.9. The molecule has 8 aliphatic rings. The molecule has 8 aliphatic carbocycles. The van der Waals surface area contributed by atoms with Crippen LogP contribution < -0.4 is 0 Å². The average Bonchev–Trinajstić information content (AvgIpc) is 3.47. The smallest absolute Gasteiger partial charge is 0.232 e. The molecule has 0 unspecified atom stereocenters. The number of hydrogen-bond donors (Lipinski definition) is 4. The van der Waals surface area contributed by atoms with Crippen molar-refractivity contribution in [2.45, 2.75) is 127 Å². The van der Waals surface area contributed by atoms with Gasteiger partial charge in [0.15, 0.2) is 22.9 Å². The molecule has 0 aromatic heterocycles. The molecule has 312 valence electrons. The third-order valence-corrected chi connectivity index (χ3v) is 20.9. The summed E-state index contributed by atoms with van der Waals surface area (Å²) in [6.45, 7) is 9.48. The van der Waals surface area contributed by atoms with Gasteiger partial charge in [0.1, 0.15) is 23.5 Å². The Bertz CT molecular complexity index is 1840. The SMILES string of the molecule is C[C@@H]1C[C@H]2[C@@H]3C[C@H](F)C4=CC(=O)C=C[C@]4(C)[C@@]3(F)[C@@H](O)C[C@]2(C)[C@@]1(O)C(=O)SSSC(=O)[C@@]1(O)[C@H](C)C[C@H]2[C@@H]3C[C@H](F)C4=CC(=O)C=C[C@]4(C)[C@@]3(F)[C@@H](O)C[C@@]21C. The van der Waals surface area contributed by atoms with Gasteiger partial charge in [-0.25, -0.2) is 17.6 Å². The Morgan fingerprint density at radius 1 is 0.649 bits per heavy atom. The Morgan fingerprint density at radius 3 is 1.35 bits per heavy atom. The lowest BCUT2D eigenvalue weighted by molar-refractivity contribution is -0.221.